The zero-order chi connectivity index (χ0) is 12.1. The lowest BCUT2D eigenvalue weighted by atomic mass is 9.98. The summed E-state index contributed by atoms with van der Waals surface area (Å²) < 4.78 is 5.73. The molecular weight excluding hydrogens is 216 g/mol. The van der Waals surface area contributed by atoms with Gasteiger partial charge in [0.15, 0.2) is 0 Å². The van der Waals surface area contributed by atoms with E-state index in [4.69, 9.17) is 4.74 Å². The standard InChI is InChI=1S/C14H22OS/c1-10(2)14-6-5-13(7-12(14)4)15-8-11(3)9-16/h5-7,10-11,16H,8-9H2,1-4H3. The molecule has 0 saturated heterocycles. The van der Waals surface area contributed by atoms with Crippen LogP contribution in [0.1, 0.15) is 37.8 Å². The van der Waals surface area contributed by atoms with Crippen LogP contribution in [-0.2, 0) is 0 Å². The van der Waals surface area contributed by atoms with Crippen LogP contribution in [0, 0.1) is 12.8 Å². The maximum atomic E-state index is 5.73. The third kappa shape index (κ3) is 3.75. The lowest BCUT2D eigenvalue weighted by molar-refractivity contribution is 0.273. The molecule has 1 unspecified atom stereocenters. The average Bonchev–Trinajstić information content (AvgIpc) is 2.25. The molecule has 0 bridgehead atoms. The van der Waals surface area contributed by atoms with Crippen LogP contribution in [-0.4, -0.2) is 12.4 Å². The van der Waals surface area contributed by atoms with Crippen molar-refractivity contribution in [2.75, 3.05) is 12.4 Å². The van der Waals surface area contributed by atoms with E-state index in [1.165, 1.54) is 11.1 Å². The molecule has 1 atom stereocenters. The van der Waals surface area contributed by atoms with E-state index in [1.807, 2.05) is 0 Å². The fraction of sp³-hybridized carbons (Fsp3) is 0.571. The second kappa shape index (κ2) is 6.19. The molecule has 1 rings (SSSR count). The van der Waals surface area contributed by atoms with Gasteiger partial charge in [-0.15, -0.1) is 0 Å². The van der Waals surface area contributed by atoms with Gasteiger partial charge in [-0.25, -0.2) is 0 Å². The van der Waals surface area contributed by atoms with Crippen LogP contribution < -0.4 is 4.74 Å². The van der Waals surface area contributed by atoms with Crippen molar-refractivity contribution >= 4 is 12.6 Å². The summed E-state index contributed by atoms with van der Waals surface area (Å²) in [6, 6.07) is 6.36. The summed E-state index contributed by atoms with van der Waals surface area (Å²) in [5, 5.41) is 0. The van der Waals surface area contributed by atoms with Crippen LogP contribution in [0.25, 0.3) is 0 Å². The summed E-state index contributed by atoms with van der Waals surface area (Å²) in [5.41, 5.74) is 2.71. The van der Waals surface area contributed by atoms with Gasteiger partial charge in [0.05, 0.1) is 6.61 Å². The van der Waals surface area contributed by atoms with Crippen LogP contribution in [0.3, 0.4) is 0 Å². The molecule has 0 aliphatic rings. The summed E-state index contributed by atoms with van der Waals surface area (Å²) in [7, 11) is 0. The van der Waals surface area contributed by atoms with Crippen molar-refractivity contribution in [3.63, 3.8) is 0 Å². The summed E-state index contributed by atoms with van der Waals surface area (Å²) in [6.07, 6.45) is 0. The summed E-state index contributed by atoms with van der Waals surface area (Å²) >= 11 is 4.25. The van der Waals surface area contributed by atoms with Crippen molar-refractivity contribution in [1.29, 1.82) is 0 Å². The molecule has 0 aliphatic heterocycles. The van der Waals surface area contributed by atoms with Crippen molar-refractivity contribution in [1.82, 2.24) is 0 Å². The van der Waals surface area contributed by atoms with Crippen LogP contribution in [0.5, 0.6) is 5.75 Å². The van der Waals surface area contributed by atoms with Crippen molar-refractivity contribution in [3.05, 3.63) is 29.3 Å². The Morgan fingerprint density at radius 3 is 2.44 bits per heavy atom. The molecule has 0 spiro atoms. The van der Waals surface area contributed by atoms with Crippen molar-refractivity contribution in [2.45, 2.75) is 33.6 Å². The second-order valence-electron chi connectivity index (χ2n) is 4.77. The fourth-order valence-electron chi connectivity index (χ4n) is 1.68. The van der Waals surface area contributed by atoms with E-state index in [0.29, 0.717) is 11.8 Å². The van der Waals surface area contributed by atoms with E-state index in [9.17, 15) is 0 Å². The number of rotatable bonds is 5. The molecule has 0 aromatic heterocycles. The minimum Gasteiger partial charge on any atom is -0.493 e. The Morgan fingerprint density at radius 1 is 1.25 bits per heavy atom. The molecule has 1 aromatic carbocycles. The number of thiol groups is 1. The SMILES string of the molecule is Cc1cc(OCC(C)CS)ccc1C(C)C. The van der Waals surface area contributed by atoms with Crippen molar-refractivity contribution in [3.8, 4) is 5.75 Å². The van der Waals surface area contributed by atoms with Gasteiger partial charge in [0.1, 0.15) is 5.75 Å². The Bertz CT molecular complexity index is 334. The van der Waals surface area contributed by atoms with E-state index in [1.54, 1.807) is 0 Å². The highest BCUT2D eigenvalue weighted by Gasteiger charge is 2.05. The van der Waals surface area contributed by atoms with Gasteiger partial charge >= 0.3 is 0 Å². The van der Waals surface area contributed by atoms with E-state index >= 15 is 0 Å². The first-order valence-electron chi connectivity index (χ1n) is 5.88. The van der Waals surface area contributed by atoms with Crippen LogP contribution in [0.15, 0.2) is 18.2 Å². The minimum atomic E-state index is 0.494. The van der Waals surface area contributed by atoms with Gasteiger partial charge in [0.2, 0.25) is 0 Å². The molecule has 0 N–H and O–H groups in total. The normalized spacial score (nSPS) is 12.9. The number of benzene rings is 1. The van der Waals surface area contributed by atoms with Gasteiger partial charge in [-0.3, -0.25) is 0 Å². The highest BCUT2D eigenvalue weighted by molar-refractivity contribution is 7.80. The maximum absolute atomic E-state index is 5.73. The van der Waals surface area contributed by atoms with Gasteiger partial charge < -0.3 is 4.74 Å². The highest BCUT2D eigenvalue weighted by Crippen LogP contribution is 2.23. The molecule has 1 aromatic rings. The number of aryl methyl sites for hydroxylation is 1. The summed E-state index contributed by atoms with van der Waals surface area (Å²) in [5.74, 6) is 2.90. The molecule has 90 valence electrons. The summed E-state index contributed by atoms with van der Waals surface area (Å²) in [4.78, 5) is 0. The minimum absolute atomic E-state index is 0.494. The van der Waals surface area contributed by atoms with Crippen LogP contribution >= 0.6 is 12.6 Å². The van der Waals surface area contributed by atoms with Crippen molar-refractivity contribution in [2.24, 2.45) is 5.92 Å². The van der Waals surface area contributed by atoms with Gasteiger partial charge in [0.25, 0.3) is 0 Å². The molecule has 0 fully saturated rings. The van der Waals surface area contributed by atoms with E-state index < -0.39 is 0 Å². The lowest BCUT2D eigenvalue weighted by Crippen LogP contribution is -2.09. The average molecular weight is 238 g/mol. The molecular formula is C14H22OS. The quantitative estimate of drug-likeness (QED) is 0.761. The molecule has 2 heteroatoms. The Hall–Kier alpha value is -0.630. The van der Waals surface area contributed by atoms with E-state index in [2.05, 4.69) is 58.5 Å². The lowest BCUT2D eigenvalue weighted by Gasteiger charge is -2.14. The Morgan fingerprint density at radius 2 is 1.94 bits per heavy atom. The second-order valence-corrected chi connectivity index (χ2v) is 5.14. The zero-order valence-corrected chi connectivity index (χ0v) is 11.6. The van der Waals surface area contributed by atoms with Gasteiger partial charge in [0, 0.05) is 0 Å². The third-order valence-electron chi connectivity index (χ3n) is 2.71. The zero-order valence-electron chi connectivity index (χ0n) is 10.7. The van der Waals surface area contributed by atoms with Crippen LogP contribution in [0.2, 0.25) is 0 Å². The Kier molecular flexibility index (Phi) is 5.20. The monoisotopic (exact) mass is 238 g/mol. The summed E-state index contributed by atoms with van der Waals surface area (Å²) in [6.45, 7) is 9.45. The van der Waals surface area contributed by atoms with Crippen molar-refractivity contribution < 1.29 is 4.74 Å². The number of ether oxygens (including phenoxy) is 1. The van der Waals surface area contributed by atoms with Gasteiger partial charge in [-0.05, 0) is 47.8 Å². The molecule has 0 heterocycles. The third-order valence-corrected chi connectivity index (χ3v) is 3.33. The van der Waals surface area contributed by atoms with E-state index in [-0.39, 0.29) is 0 Å². The fourth-order valence-corrected chi connectivity index (χ4v) is 1.78. The predicted molar refractivity (Wildman–Crippen MR) is 73.8 cm³/mol. The molecule has 0 saturated carbocycles. The van der Waals surface area contributed by atoms with Gasteiger partial charge in [-0.1, -0.05) is 26.8 Å². The maximum Gasteiger partial charge on any atom is 0.119 e. The molecule has 16 heavy (non-hydrogen) atoms. The largest absolute Gasteiger partial charge is 0.493 e. The highest BCUT2D eigenvalue weighted by atomic mass is 32.1. The van der Waals surface area contributed by atoms with E-state index in [0.717, 1.165) is 18.1 Å². The molecule has 0 aliphatic carbocycles. The first kappa shape index (κ1) is 13.4. The molecule has 0 amide bonds. The predicted octanol–water partition coefficient (Wildman–Crippen LogP) is 4.06. The Balaban J connectivity index is 2.66. The first-order valence-corrected chi connectivity index (χ1v) is 6.52. The Labute approximate surface area is 105 Å². The molecule has 1 nitrogen and oxygen atoms in total. The number of hydrogen-bond acceptors (Lipinski definition) is 2. The van der Waals surface area contributed by atoms with Crippen LogP contribution in [0.4, 0.5) is 0 Å². The topological polar surface area (TPSA) is 9.23 Å². The number of hydrogen-bond donors (Lipinski definition) is 1. The first-order chi connectivity index (χ1) is 7.54. The molecule has 0 radical (unpaired) electrons. The smallest absolute Gasteiger partial charge is 0.119 e. The van der Waals surface area contributed by atoms with Gasteiger partial charge in [-0.2, -0.15) is 12.6 Å².